The molecule has 0 aliphatic carbocycles. The summed E-state index contributed by atoms with van der Waals surface area (Å²) in [5.74, 6) is 0.209. The maximum Gasteiger partial charge on any atom is 0.240 e. The van der Waals surface area contributed by atoms with Gasteiger partial charge in [-0.15, -0.1) is 0 Å². The highest BCUT2D eigenvalue weighted by molar-refractivity contribution is 9.10. The molecule has 26 heavy (non-hydrogen) atoms. The van der Waals surface area contributed by atoms with Gasteiger partial charge < -0.3 is 10.1 Å². The van der Waals surface area contributed by atoms with Gasteiger partial charge in [-0.3, -0.25) is 9.10 Å². The van der Waals surface area contributed by atoms with Gasteiger partial charge >= 0.3 is 0 Å². The number of ether oxygens (including phenoxy) is 1. The van der Waals surface area contributed by atoms with Crippen LogP contribution in [0.1, 0.15) is 0 Å². The summed E-state index contributed by atoms with van der Waals surface area (Å²) in [5.41, 5.74) is 0.405. The predicted molar refractivity (Wildman–Crippen MR) is 106 cm³/mol. The summed E-state index contributed by atoms with van der Waals surface area (Å²) < 4.78 is 31.2. The van der Waals surface area contributed by atoms with E-state index in [1.807, 2.05) is 0 Å². The van der Waals surface area contributed by atoms with Crippen molar-refractivity contribution in [3.63, 3.8) is 0 Å². The topological polar surface area (TPSA) is 75.7 Å². The van der Waals surface area contributed by atoms with Gasteiger partial charge in [0, 0.05) is 9.50 Å². The Kier molecular flexibility index (Phi) is 7.31. The van der Waals surface area contributed by atoms with Gasteiger partial charge in [-0.1, -0.05) is 23.7 Å². The van der Waals surface area contributed by atoms with Gasteiger partial charge in [0.2, 0.25) is 15.9 Å². The smallest absolute Gasteiger partial charge is 0.240 e. The predicted octanol–water partition coefficient (Wildman–Crippen LogP) is 3.06. The minimum atomic E-state index is -3.61. The SMILES string of the molecule is CS(=O)(=O)N(CC(=O)NCCOc1ccc(Cl)cc1)c1ccccc1Br. The van der Waals surface area contributed by atoms with Gasteiger partial charge in [-0.25, -0.2) is 8.42 Å². The molecular weight excluding hydrogens is 444 g/mol. The second-order valence-corrected chi connectivity index (χ2v) is 8.57. The maximum atomic E-state index is 12.1. The number of nitrogens with zero attached hydrogens (tertiary/aromatic N) is 1. The zero-order valence-corrected chi connectivity index (χ0v) is 17.1. The third-order valence-corrected chi connectivity index (χ3v) is 5.36. The zero-order chi connectivity index (χ0) is 19.2. The molecule has 0 radical (unpaired) electrons. The first-order valence-corrected chi connectivity index (χ1v) is 10.7. The summed E-state index contributed by atoms with van der Waals surface area (Å²) in [4.78, 5) is 12.1. The molecule has 0 heterocycles. The largest absolute Gasteiger partial charge is 0.492 e. The molecule has 2 aromatic carbocycles. The number of hydrogen-bond donors (Lipinski definition) is 1. The molecule has 0 saturated carbocycles. The van der Waals surface area contributed by atoms with Gasteiger partial charge in [0.1, 0.15) is 18.9 Å². The van der Waals surface area contributed by atoms with Gasteiger partial charge in [-0.2, -0.15) is 0 Å². The van der Waals surface area contributed by atoms with E-state index in [-0.39, 0.29) is 19.7 Å². The molecule has 0 unspecified atom stereocenters. The number of hydrogen-bond acceptors (Lipinski definition) is 4. The molecule has 2 rings (SSSR count). The van der Waals surface area contributed by atoms with Gasteiger partial charge in [0.05, 0.1) is 18.5 Å². The van der Waals surface area contributed by atoms with Crippen LogP contribution >= 0.6 is 27.5 Å². The molecule has 0 fully saturated rings. The summed E-state index contributed by atoms with van der Waals surface area (Å²) in [6.45, 7) is 0.179. The third-order valence-electron chi connectivity index (χ3n) is 3.32. The fraction of sp³-hybridized carbons (Fsp3) is 0.235. The van der Waals surface area contributed by atoms with Gasteiger partial charge in [0.25, 0.3) is 0 Å². The first-order valence-electron chi connectivity index (χ1n) is 7.64. The number of amides is 1. The molecule has 1 N–H and O–H groups in total. The van der Waals surface area contributed by atoms with Crippen LogP contribution in [0.2, 0.25) is 5.02 Å². The van der Waals surface area contributed by atoms with Crippen LogP contribution in [0, 0.1) is 0 Å². The van der Waals surface area contributed by atoms with Crippen molar-refractivity contribution in [2.24, 2.45) is 0 Å². The van der Waals surface area contributed by atoms with Crippen LogP contribution in [0.3, 0.4) is 0 Å². The van der Waals surface area contributed by atoms with Gasteiger partial charge in [0.15, 0.2) is 0 Å². The molecule has 6 nitrogen and oxygen atoms in total. The molecule has 0 aliphatic rings. The van der Waals surface area contributed by atoms with Crippen molar-refractivity contribution >= 4 is 49.1 Å². The minimum absolute atomic E-state index is 0.245. The van der Waals surface area contributed by atoms with Crippen molar-refractivity contribution in [2.75, 3.05) is 30.3 Å². The Labute approximate surface area is 166 Å². The standard InChI is InChI=1S/C17H18BrClN2O4S/c1-26(23,24)21(16-5-3-2-4-15(16)18)12-17(22)20-10-11-25-14-8-6-13(19)7-9-14/h2-9H,10-12H2,1H3,(H,20,22). The van der Waals surface area contributed by atoms with Crippen molar-refractivity contribution < 1.29 is 17.9 Å². The Morgan fingerprint density at radius 1 is 1.19 bits per heavy atom. The zero-order valence-electron chi connectivity index (χ0n) is 14.0. The lowest BCUT2D eigenvalue weighted by molar-refractivity contribution is -0.119. The molecule has 1 amide bonds. The molecule has 0 saturated heterocycles. The Bertz CT molecular complexity index is 859. The first-order chi connectivity index (χ1) is 12.3. The van der Waals surface area contributed by atoms with Crippen molar-refractivity contribution in [1.29, 1.82) is 0 Å². The van der Waals surface area contributed by atoms with Crippen LogP contribution in [0.15, 0.2) is 53.0 Å². The first kappa shape index (κ1) is 20.5. The Morgan fingerprint density at radius 3 is 2.46 bits per heavy atom. The normalized spacial score (nSPS) is 11.0. The Morgan fingerprint density at radius 2 is 1.85 bits per heavy atom. The summed E-state index contributed by atoms with van der Waals surface area (Å²) in [6, 6.07) is 13.7. The number of rotatable bonds is 8. The molecule has 0 spiro atoms. The lowest BCUT2D eigenvalue weighted by Gasteiger charge is -2.23. The number of carbonyl (C=O) groups is 1. The highest BCUT2D eigenvalue weighted by Crippen LogP contribution is 2.27. The minimum Gasteiger partial charge on any atom is -0.492 e. The van der Waals surface area contributed by atoms with Crippen molar-refractivity contribution in [1.82, 2.24) is 5.32 Å². The molecule has 140 valence electrons. The number of sulfonamides is 1. The number of benzene rings is 2. The quantitative estimate of drug-likeness (QED) is 0.613. The molecule has 0 atom stereocenters. The van der Waals surface area contributed by atoms with Crippen LogP contribution in [0.5, 0.6) is 5.75 Å². The second kappa shape index (κ2) is 9.25. The molecule has 0 bridgehead atoms. The number of nitrogens with one attached hydrogen (secondary N) is 1. The van der Waals surface area contributed by atoms with Crippen LogP contribution < -0.4 is 14.4 Å². The highest BCUT2D eigenvalue weighted by atomic mass is 79.9. The Balaban J connectivity index is 1.89. The van der Waals surface area contributed by atoms with Gasteiger partial charge in [-0.05, 0) is 52.3 Å². The number of carbonyl (C=O) groups excluding carboxylic acids is 1. The third kappa shape index (κ3) is 6.19. The molecule has 0 aromatic heterocycles. The molecule has 0 aliphatic heterocycles. The average Bonchev–Trinajstić information content (AvgIpc) is 2.58. The van der Waals surface area contributed by atoms with E-state index in [1.54, 1.807) is 48.5 Å². The van der Waals surface area contributed by atoms with E-state index in [2.05, 4.69) is 21.2 Å². The van der Waals surface area contributed by atoms with Crippen LogP contribution in [-0.2, 0) is 14.8 Å². The van der Waals surface area contributed by atoms with Crippen molar-refractivity contribution in [3.05, 3.63) is 58.0 Å². The average molecular weight is 462 g/mol. The lowest BCUT2D eigenvalue weighted by atomic mass is 10.3. The van der Waals surface area contributed by atoms with E-state index < -0.39 is 15.9 Å². The van der Waals surface area contributed by atoms with Crippen molar-refractivity contribution in [3.8, 4) is 5.75 Å². The number of para-hydroxylation sites is 1. The lowest BCUT2D eigenvalue weighted by Crippen LogP contribution is -2.41. The fourth-order valence-electron chi connectivity index (χ4n) is 2.11. The number of halogens is 2. The highest BCUT2D eigenvalue weighted by Gasteiger charge is 2.22. The summed E-state index contributed by atoms with van der Waals surface area (Å²) >= 11 is 9.10. The van der Waals surface area contributed by atoms with E-state index in [9.17, 15) is 13.2 Å². The van der Waals surface area contributed by atoms with Crippen LogP contribution in [0.4, 0.5) is 5.69 Å². The Hall–Kier alpha value is -1.77. The molecule has 2 aromatic rings. The van der Waals surface area contributed by atoms with E-state index in [1.165, 1.54) is 0 Å². The second-order valence-electron chi connectivity index (χ2n) is 5.37. The van der Waals surface area contributed by atoms with Crippen LogP contribution in [-0.4, -0.2) is 40.3 Å². The summed E-state index contributed by atoms with van der Waals surface area (Å²) in [6.07, 6.45) is 1.06. The number of anilines is 1. The van der Waals surface area contributed by atoms with Crippen LogP contribution in [0.25, 0.3) is 0 Å². The summed E-state index contributed by atoms with van der Waals surface area (Å²) in [5, 5.41) is 3.25. The van der Waals surface area contributed by atoms with E-state index >= 15 is 0 Å². The van der Waals surface area contributed by atoms with E-state index in [4.69, 9.17) is 16.3 Å². The van der Waals surface area contributed by atoms with E-state index in [0.717, 1.165) is 10.6 Å². The monoisotopic (exact) mass is 460 g/mol. The van der Waals surface area contributed by atoms with Crippen molar-refractivity contribution in [2.45, 2.75) is 0 Å². The fourth-order valence-corrected chi connectivity index (χ4v) is 3.72. The summed E-state index contributed by atoms with van der Waals surface area (Å²) in [7, 11) is -3.61. The van der Waals surface area contributed by atoms with E-state index in [0.29, 0.717) is 20.9 Å². The molecule has 9 heteroatoms. The maximum absolute atomic E-state index is 12.1. The molecular formula is C17H18BrClN2O4S.